The number of aryl methyl sites for hydroxylation is 2. The number of aromatic nitrogens is 3. The molecule has 6 heteroatoms. The lowest BCUT2D eigenvalue weighted by Gasteiger charge is -2.12. The van der Waals surface area contributed by atoms with E-state index < -0.39 is 5.97 Å². The van der Waals surface area contributed by atoms with Gasteiger partial charge in [-0.05, 0) is 37.6 Å². The number of fused-ring (bicyclic) bond motifs is 1. The van der Waals surface area contributed by atoms with E-state index in [0.717, 1.165) is 16.6 Å². The Morgan fingerprint density at radius 1 is 1.12 bits per heavy atom. The quantitative estimate of drug-likeness (QED) is 0.502. The topological polar surface area (TPSA) is 74.1 Å². The highest BCUT2D eigenvalue weighted by Crippen LogP contribution is 2.17. The lowest BCUT2D eigenvalue weighted by Crippen LogP contribution is -2.19. The number of carbonyl (C=O) groups excluding carboxylic acids is 2. The van der Waals surface area contributed by atoms with E-state index in [4.69, 9.17) is 4.74 Å². The van der Waals surface area contributed by atoms with E-state index in [9.17, 15) is 9.59 Å². The molecule has 0 aliphatic carbocycles. The highest BCUT2D eigenvalue weighted by Gasteiger charge is 2.17. The molecule has 2 aromatic carbocycles. The van der Waals surface area contributed by atoms with E-state index in [1.54, 1.807) is 17.7 Å². The number of hydrogen-bond donors (Lipinski definition) is 0. The first-order valence-corrected chi connectivity index (χ1v) is 8.51. The standard InChI is InChI=1S/C20H21N3O3/c1-13(23-15(3)21-14(2)22-23)10-20(25)26-12-19(24)18-9-8-16-6-4-5-7-17(16)11-18/h4-9,11,13H,10,12H2,1-3H3. The van der Waals surface area contributed by atoms with Crippen LogP contribution in [0.1, 0.15) is 41.4 Å². The Morgan fingerprint density at radius 3 is 2.54 bits per heavy atom. The fraction of sp³-hybridized carbons (Fsp3) is 0.300. The maximum atomic E-state index is 12.3. The van der Waals surface area contributed by atoms with Gasteiger partial charge < -0.3 is 4.74 Å². The number of hydrogen-bond acceptors (Lipinski definition) is 5. The minimum absolute atomic E-state index is 0.134. The van der Waals surface area contributed by atoms with Gasteiger partial charge in [-0.1, -0.05) is 36.4 Å². The number of nitrogens with zero attached hydrogens (tertiary/aromatic N) is 3. The second-order valence-corrected chi connectivity index (χ2v) is 6.35. The summed E-state index contributed by atoms with van der Waals surface area (Å²) in [7, 11) is 0. The molecule has 0 spiro atoms. The molecular formula is C20H21N3O3. The Morgan fingerprint density at radius 2 is 1.85 bits per heavy atom. The Balaban J connectivity index is 1.58. The van der Waals surface area contributed by atoms with Crippen molar-refractivity contribution in [3.8, 4) is 0 Å². The van der Waals surface area contributed by atoms with Crippen LogP contribution in [-0.2, 0) is 9.53 Å². The first-order valence-electron chi connectivity index (χ1n) is 8.51. The molecule has 1 unspecified atom stereocenters. The second-order valence-electron chi connectivity index (χ2n) is 6.35. The van der Waals surface area contributed by atoms with E-state index in [2.05, 4.69) is 10.1 Å². The van der Waals surface area contributed by atoms with Crippen molar-refractivity contribution in [2.24, 2.45) is 0 Å². The summed E-state index contributed by atoms with van der Waals surface area (Å²) >= 11 is 0. The summed E-state index contributed by atoms with van der Waals surface area (Å²) in [6, 6.07) is 13.1. The number of benzene rings is 2. The van der Waals surface area contributed by atoms with Crippen molar-refractivity contribution in [1.82, 2.24) is 14.8 Å². The number of esters is 1. The summed E-state index contributed by atoms with van der Waals surface area (Å²) < 4.78 is 6.86. The molecule has 0 radical (unpaired) electrons. The molecule has 26 heavy (non-hydrogen) atoms. The molecule has 0 aliphatic rings. The summed E-state index contributed by atoms with van der Waals surface area (Å²) in [5.41, 5.74) is 0.535. The fourth-order valence-electron chi connectivity index (χ4n) is 2.93. The summed E-state index contributed by atoms with van der Waals surface area (Å²) in [6.07, 6.45) is 0.134. The number of rotatable bonds is 6. The highest BCUT2D eigenvalue weighted by molar-refractivity contribution is 6.01. The van der Waals surface area contributed by atoms with Gasteiger partial charge in [0.25, 0.3) is 0 Å². The Labute approximate surface area is 151 Å². The van der Waals surface area contributed by atoms with Crippen LogP contribution >= 0.6 is 0 Å². The summed E-state index contributed by atoms with van der Waals surface area (Å²) in [4.78, 5) is 28.6. The number of ether oxygens (including phenoxy) is 1. The van der Waals surface area contributed by atoms with Gasteiger partial charge in [-0.2, -0.15) is 5.10 Å². The predicted octanol–water partition coefficient (Wildman–Crippen LogP) is 3.43. The monoisotopic (exact) mass is 351 g/mol. The van der Waals surface area contributed by atoms with Gasteiger partial charge in [0.2, 0.25) is 0 Å². The molecule has 0 amide bonds. The lowest BCUT2D eigenvalue weighted by atomic mass is 10.0. The van der Waals surface area contributed by atoms with E-state index in [-0.39, 0.29) is 24.9 Å². The van der Waals surface area contributed by atoms with Gasteiger partial charge in [-0.3, -0.25) is 9.59 Å². The molecule has 1 heterocycles. The Kier molecular flexibility index (Phi) is 5.11. The van der Waals surface area contributed by atoms with E-state index in [0.29, 0.717) is 11.4 Å². The molecule has 0 saturated carbocycles. The largest absolute Gasteiger partial charge is 0.457 e. The van der Waals surface area contributed by atoms with Gasteiger partial charge >= 0.3 is 5.97 Å². The zero-order valence-electron chi connectivity index (χ0n) is 15.1. The zero-order chi connectivity index (χ0) is 18.7. The third-order valence-electron chi connectivity index (χ3n) is 4.22. The summed E-state index contributed by atoms with van der Waals surface area (Å²) in [6.45, 7) is 5.24. The molecule has 134 valence electrons. The maximum Gasteiger partial charge on any atom is 0.308 e. The van der Waals surface area contributed by atoms with Crippen LogP contribution in [0.25, 0.3) is 10.8 Å². The van der Waals surface area contributed by atoms with Gasteiger partial charge in [0.15, 0.2) is 12.4 Å². The molecule has 0 bridgehead atoms. The van der Waals surface area contributed by atoms with E-state index in [1.165, 1.54) is 0 Å². The van der Waals surface area contributed by atoms with Crippen molar-refractivity contribution in [1.29, 1.82) is 0 Å². The molecule has 0 N–H and O–H groups in total. The molecule has 3 aromatic rings. The SMILES string of the molecule is Cc1nc(C)n(C(C)CC(=O)OCC(=O)c2ccc3ccccc3c2)n1. The molecule has 1 aromatic heterocycles. The van der Waals surface area contributed by atoms with Crippen LogP contribution in [0, 0.1) is 13.8 Å². The predicted molar refractivity (Wildman–Crippen MR) is 98.1 cm³/mol. The van der Waals surface area contributed by atoms with E-state index in [1.807, 2.05) is 50.2 Å². The van der Waals surface area contributed by atoms with Crippen LogP contribution in [0.3, 0.4) is 0 Å². The average Bonchev–Trinajstić information content (AvgIpc) is 2.97. The average molecular weight is 351 g/mol. The van der Waals surface area contributed by atoms with Gasteiger partial charge in [-0.15, -0.1) is 0 Å². The molecule has 6 nitrogen and oxygen atoms in total. The third kappa shape index (κ3) is 3.96. The van der Waals surface area contributed by atoms with Gasteiger partial charge in [-0.25, -0.2) is 9.67 Å². The molecule has 1 atom stereocenters. The van der Waals surface area contributed by atoms with Crippen molar-refractivity contribution in [3.63, 3.8) is 0 Å². The zero-order valence-corrected chi connectivity index (χ0v) is 15.1. The fourth-order valence-corrected chi connectivity index (χ4v) is 2.93. The number of carbonyl (C=O) groups is 2. The molecule has 3 rings (SSSR count). The minimum Gasteiger partial charge on any atom is -0.457 e. The molecule has 0 saturated heterocycles. The Hall–Kier alpha value is -3.02. The van der Waals surface area contributed by atoms with Crippen molar-refractivity contribution in [2.45, 2.75) is 33.2 Å². The molecular weight excluding hydrogens is 330 g/mol. The first kappa shape index (κ1) is 17.8. The van der Waals surface area contributed by atoms with Crippen LogP contribution in [0.4, 0.5) is 0 Å². The minimum atomic E-state index is -0.431. The van der Waals surface area contributed by atoms with Gasteiger partial charge in [0.05, 0.1) is 12.5 Å². The van der Waals surface area contributed by atoms with Crippen molar-refractivity contribution in [2.75, 3.05) is 6.61 Å². The second kappa shape index (κ2) is 7.47. The van der Waals surface area contributed by atoms with Crippen LogP contribution in [0.2, 0.25) is 0 Å². The van der Waals surface area contributed by atoms with Crippen LogP contribution < -0.4 is 0 Å². The summed E-state index contributed by atoms with van der Waals surface area (Å²) in [5, 5.41) is 6.31. The molecule has 0 fully saturated rings. The summed E-state index contributed by atoms with van der Waals surface area (Å²) in [5.74, 6) is 0.757. The van der Waals surface area contributed by atoms with Gasteiger partial charge in [0, 0.05) is 5.56 Å². The molecule has 0 aliphatic heterocycles. The highest BCUT2D eigenvalue weighted by atomic mass is 16.5. The normalized spacial score (nSPS) is 12.1. The van der Waals surface area contributed by atoms with Crippen LogP contribution in [-0.4, -0.2) is 33.1 Å². The van der Waals surface area contributed by atoms with Crippen molar-refractivity contribution in [3.05, 3.63) is 59.7 Å². The first-order chi connectivity index (χ1) is 12.4. The number of ketones is 1. The van der Waals surface area contributed by atoms with Crippen molar-refractivity contribution < 1.29 is 14.3 Å². The van der Waals surface area contributed by atoms with Crippen LogP contribution in [0.5, 0.6) is 0 Å². The third-order valence-corrected chi connectivity index (χ3v) is 4.22. The smallest absolute Gasteiger partial charge is 0.308 e. The van der Waals surface area contributed by atoms with Crippen LogP contribution in [0.15, 0.2) is 42.5 Å². The lowest BCUT2D eigenvalue weighted by molar-refractivity contribution is -0.143. The number of Topliss-reactive ketones (excluding diaryl/α,β-unsaturated/α-hetero) is 1. The Bertz CT molecular complexity index is 962. The van der Waals surface area contributed by atoms with Crippen molar-refractivity contribution >= 4 is 22.5 Å². The maximum absolute atomic E-state index is 12.3. The van der Waals surface area contributed by atoms with E-state index >= 15 is 0 Å². The van der Waals surface area contributed by atoms with Gasteiger partial charge in [0.1, 0.15) is 11.6 Å².